The highest BCUT2D eigenvalue weighted by Crippen LogP contribution is 2.60. The Labute approximate surface area is 226 Å². The van der Waals surface area contributed by atoms with Crippen LogP contribution in [-0.4, -0.2) is 42.3 Å². The molecule has 5 rings (SSSR count). The zero-order chi connectivity index (χ0) is 25.2. The van der Waals surface area contributed by atoms with E-state index in [-0.39, 0.29) is 38.6 Å². The van der Waals surface area contributed by atoms with Gasteiger partial charge in [0.05, 0.1) is 33.3 Å². The van der Waals surface area contributed by atoms with Crippen LogP contribution in [0.1, 0.15) is 22.3 Å². The van der Waals surface area contributed by atoms with Crippen molar-refractivity contribution in [1.29, 1.82) is 0 Å². The molecule has 3 amide bonds. The number of nitro benzene ring substituents is 1. The fourth-order valence-electron chi connectivity index (χ4n) is 5.57. The van der Waals surface area contributed by atoms with Gasteiger partial charge in [0, 0.05) is 15.7 Å². The zero-order valence-corrected chi connectivity index (χ0v) is 22.5. The molecule has 0 N–H and O–H groups in total. The van der Waals surface area contributed by atoms with Crippen molar-refractivity contribution in [3.05, 3.63) is 73.8 Å². The molecule has 182 valence electrons. The molecule has 6 atom stereocenters. The predicted molar refractivity (Wildman–Crippen MR) is 135 cm³/mol. The van der Waals surface area contributed by atoms with Gasteiger partial charge >= 0.3 is 0 Å². The first kappa shape index (κ1) is 24.7. The lowest BCUT2D eigenvalue weighted by molar-refractivity contribution is -0.385. The molecule has 2 saturated carbocycles. The van der Waals surface area contributed by atoms with Crippen LogP contribution >= 0.6 is 55.1 Å². The summed E-state index contributed by atoms with van der Waals surface area (Å²) in [5, 5.41) is 14.0. The minimum atomic E-state index is -0.830. The predicted octanol–water partition coefficient (Wildman–Crippen LogP) is 5.24. The quantitative estimate of drug-likeness (QED) is 0.192. The molecule has 12 heteroatoms. The Morgan fingerprint density at radius 2 is 1.63 bits per heavy atom. The molecule has 0 radical (unpaired) electrons. The largest absolute Gasteiger partial charge is 0.282 e. The van der Waals surface area contributed by atoms with Crippen LogP contribution in [-0.2, 0) is 16.1 Å². The van der Waals surface area contributed by atoms with Crippen molar-refractivity contribution >= 4 is 78.5 Å². The van der Waals surface area contributed by atoms with Crippen LogP contribution < -0.4 is 0 Å². The minimum Gasteiger partial charge on any atom is -0.272 e. The number of carbonyl (C=O) groups excluding carboxylic acids is 3. The lowest BCUT2D eigenvalue weighted by Gasteiger charge is -2.31. The van der Waals surface area contributed by atoms with E-state index in [1.807, 2.05) is 0 Å². The number of carbonyl (C=O) groups is 3. The molecule has 1 heterocycles. The van der Waals surface area contributed by atoms with Gasteiger partial charge in [0.2, 0.25) is 0 Å². The summed E-state index contributed by atoms with van der Waals surface area (Å²) >= 11 is 19.5. The maximum Gasteiger partial charge on any atom is 0.282 e. The van der Waals surface area contributed by atoms with Crippen molar-refractivity contribution in [3.8, 4) is 0 Å². The molecule has 8 nitrogen and oxygen atoms in total. The zero-order valence-electron chi connectivity index (χ0n) is 17.8. The van der Waals surface area contributed by atoms with Gasteiger partial charge < -0.3 is 0 Å². The second-order valence-electron chi connectivity index (χ2n) is 8.88. The van der Waals surface area contributed by atoms with Gasteiger partial charge in [0.15, 0.2) is 0 Å². The summed E-state index contributed by atoms with van der Waals surface area (Å²) in [7, 11) is 0. The van der Waals surface area contributed by atoms with Crippen LogP contribution in [0.15, 0.2) is 42.5 Å². The van der Waals surface area contributed by atoms with Crippen molar-refractivity contribution in [2.45, 2.75) is 22.6 Å². The monoisotopic (exact) mass is 643 g/mol. The van der Waals surface area contributed by atoms with E-state index in [0.717, 1.165) is 16.4 Å². The third-order valence-electron chi connectivity index (χ3n) is 7.09. The topological polar surface area (TPSA) is 101 Å². The number of alkyl halides is 2. The van der Waals surface area contributed by atoms with Crippen LogP contribution in [0.3, 0.4) is 0 Å². The molecule has 1 saturated heterocycles. The number of benzene rings is 2. The Kier molecular flexibility index (Phi) is 6.44. The number of halogens is 4. The Morgan fingerprint density at radius 1 is 1.03 bits per heavy atom. The van der Waals surface area contributed by atoms with E-state index in [1.165, 1.54) is 30.3 Å². The molecule has 3 aliphatic rings. The number of imide groups is 1. The van der Waals surface area contributed by atoms with E-state index in [4.69, 9.17) is 23.2 Å². The van der Waals surface area contributed by atoms with E-state index in [0.29, 0.717) is 10.6 Å². The van der Waals surface area contributed by atoms with Gasteiger partial charge in [-0.15, -0.1) is 0 Å². The number of hydrogen-bond donors (Lipinski definition) is 0. The first-order valence-electron chi connectivity index (χ1n) is 10.8. The first-order chi connectivity index (χ1) is 16.6. The van der Waals surface area contributed by atoms with Gasteiger partial charge in [-0.3, -0.25) is 24.5 Å². The number of hydrazine groups is 1. The van der Waals surface area contributed by atoms with Gasteiger partial charge in [-0.05, 0) is 42.0 Å². The third kappa shape index (κ3) is 3.89. The van der Waals surface area contributed by atoms with Crippen molar-refractivity contribution in [2.24, 2.45) is 23.7 Å². The van der Waals surface area contributed by atoms with Crippen LogP contribution in [0.4, 0.5) is 5.69 Å². The first-order valence-corrected chi connectivity index (χ1v) is 13.4. The van der Waals surface area contributed by atoms with Gasteiger partial charge in [-0.1, -0.05) is 73.3 Å². The maximum absolute atomic E-state index is 13.7. The molecule has 3 fully saturated rings. The Hall–Kier alpha value is -2.01. The number of rotatable bonds is 5. The molecule has 0 spiro atoms. The normalized spacial score (nSPS) is 29.0. The summed E-state index contributed by atoms with van der Waals surface area (Å²) in [4.78, 5) is 52.0. The highest BCUT2D eigenvalue weighted by Gasteiger charge is 2.67. The Bertz CT molecular complexity index is 1250. The molecule has 2 bridgehead atoms. The SMILES string of the molecule is O=C(c1ccccc1[N+](=O)[O-])N(Cc1ccc(Cl)c(Cl)c1)N1C(=O)[C@@H]2[C@H]3C[C@@H]([C@H](Br)[C@@H]3Br)[C@@H]2C1=O. The fraction of sp³-hybridized carbons (Fsp3) is 0.348. The smallest absolute Gasteiger partial charge is 0.272 e. The van der Waals surface area contributed by atoms with Crippen LogP contribution in [0.2, 0.25) is 10.0 Å². The van der Waals surface area contributed by atoms with Gasteiger partial charge in [0.1, 0.15) is 5.56 Å². The molecule has 2 aromatic carbocycles. The summed E-state index contributed by atoms with van der Waals surface area (Å²) in [6.07, 6.45) is 0.734. The lowest BCUT2D eigenvalue weighted by Crippen LogP contribution is -2.50. The average Bonchev–Trinajstić information content (AvgIpc) is 3.44. The summed E-state index contributed by atoms with van der Waals surface area (Å²) in [5.74, 6) is -2.98. The van der Waals surface area contributed by atoms with Crippen molar-refractivity contribution in [1.82, 2.24) is 10.0 Å². The fourth-order valence-corrected chi connectivity index (χ4v) is 7.76. The number of hydrogen-bond acceptors (Lipinski definition) is 5. The number of nitrogens with zero attached hydrogens (tertiary/aromatic N) is 3. The molecular weight excluding hydrogens is 629 g/mol. The van der Waals surface area contributed by atoms with E-state index < -0.39 is 40.2 Å². The summed E-state index contributed by atoms with van der Waals surface area (Å²) in [6, 6.07) is 10.1. The highest BCUT2D eigenvalue weighted by molar-refractivity contribution is 9.12. The molecule has 2 aliphatic carbocycles. The molecule has 2 aromatic rings. The lowest BCUT2D eigenvalue weighted by atomic mass is 9.81. The minimum absolute atomic E-state index is 0.0277. The van der Waals surface area contributed by atoms with E-state index in [2.05, 4.69) is 31.9 Å². The van der Waals surface area contributed by atoms with Gasteiger partial charge in [-0.2, -0.15) is 5.01 Å². The van der Waals surface area contributed by atoms with Crippen LogP contribution in [0, 0.1) is 33.8 Å². The Morgan fingerprint density at radius 3 is 2.20 bits per heavy atom. The number of amides is 3. The second kappa shape index (κ2) is 9.14. The van der Waals surface area contributed by atoms with Crippen molar-refractivity contribution in [3.63, 3.8) is 0 Å². The number of para-hydroxylation sites is 1. The van der Waals surface area contributed by atoms with E-state index in [1.54, 1.807) is 12.1 Å². The maximum atomic E-state index is 13.7. The summed E-state index contributed by atoms with van der Waals surface area (Å²) in [6.45, 7) is -0.205. The highest BCUT2D eigenvalue weighted by atomic mass is 79.9. The average molecular weight is 646 g/mol. The van der Waals surface area contributed by atoms with Crippen molar-refractivity contribution in [2.75, 3.05) is 0 Å². The number of fused-ring (bicyclic) bond motifs is 5. The third-order valence-corrected chi connectivity index (χ3v) is 11.0. The summed E-state index contributed by atoms with van der Waals surface area (Å²) < 4.78 is 0. The molecule has 1 aliphatic heterocycles. The molecular formula is C23H17Br2Cl2N3O5. The standard InChI is InChI=1S/C23H17Br2Cl2N3O5/c24-19-12-8-13(20(19)25)18-17(12)22(32)29(23(18)33)28(9-10-5-6-14(26)15(27)7-10)21(31)11-3-1-2-4-16(11)30(34)35/h1-7,12-13,17-20H,8-9H2/t12-,13-,17-,18+,19-,20+/m1/s1. The number of nitro groups is 1. The van der Waals surface area contributed by atoms with Gasteiger partial charge in [-0.25, -0.2) is 5.01 Å². The molecule has 0 unspecified atom stereocenters. The summed E-state index contributed by atoms with van der Waals surface area (Å²) in [5.41, 5.74) is -0.143. The van der Waals surface area contributed by atoms with Crippen LogP contribution in [0.5, 0.6) is 0 Å². The van der Waals surface area contributed by atoms with E-state index in [9.17, 15) is 24.5 Å². The molecule has 35 heavy (non-hydrogen) atoms. The van der Waals surface area contributed by atoms with Crippen LogP contribution in [0.25, 0.3) is 0 Å². The van der Waals surface area contributed by atoms with Crippen molar-refractivity contribution < 1.29 is 19.3 Å². The Balaban J connectivity index is 1.57. The van der Waals surface area contributed by atoms with E-state index >= 15 is 0 Å². The second-order valence-corrected chi connectivity index (χ2v) is 11.8. The molecule has 0 aromatic heterocycles. The van der Waals surface area contributed by atoms with Gasteiger partial charge in [0.25, 0.3) is 23.4 Å².